The predicted octanol–water partition coefficient (Wildman–Crippen LogP) is 3.20. The summed E-state index contributed by atoms with van der Waals surface area (Å²) in [5, 5.41) is 9.26. The third-order valence-electron chi connectivity index (χ3n) is 5.21. The Balaban J connectivity index is 1.90. The van der Waals surface area contributed by atoms with E-state index in [2.05, 4.69) is 0 Å². The normalized spacial score (nSPS) is 25.1. The van der Waals surface area contributed by atoms with Crippen LogP contribution >= 0.6 is 0 Å². The number of benzene rings is 1. The Labute approximate surface area is 141 Å². The zero-order chi connectivity index (χ0) is 18.6. The lowest BCUT2D eigenvalue weighted by Gasteiger charge is -2.25. The van der Waals surface area contributed by atoms with E-state index >= 15 is 0 Å². The van der Waals surface area contributed by atoms with Crippen molar-refractivity contribution in [3.8, 4) is 0 Å². The third kappa shape index (κ3) is 2.98. The monoisotopic (exact) mass is 359 g/mol. The number of nitrogens with zero attached hydrogens (tertiary/aromatic N) is 1. The highest BCUT2D eigenvalue weighted by atomic mass is 19.4. The quantitative estimate of drug-likeness (QED) is 0.844. The van der Waals surface area contributed by atoms with Crippen molar-refractivity contribution in [1.82, 2.24) is 4.90 Å². The molecule has 4 nitrogen and oxygen atoms in total. The van der Waals surface area contributed by atoms with Crippen LogP contribution in [-0.2, 0) is 21.2 Å². The second-order valence-corrected chi connectivity index (χ2v) is 7.15. The first-order chi connectivity index (χ1) is 11.5. The van der Waals surface area contributed by atoms with Crippen molar-refractivity contribution in [2.75, 3.05) is 13.1 Å². The van der Waals surface area contributed by atoms with E-state index in [4.69, 9.17) is 0 Å². The molecule has 1 aliphatic carbocycles. The average molecular weight is 359 g/mol. The third-order valence-corrected chi connectivity index (χ3v) is 5.21. The number of halogens is 4. The molecular weight excluding hydrogens is 342 g/mol. The number of aliphatic carboxylic acids is 1. The minimum Gasteiger partial charge on any atom is -0.481 e. The Hall–Kier alpha value is -2.12. The van der Waals surface area contributed by atoms with Crippen molar-refractivity contribution in [1.29, 1.82) is 0 Å². The number of carbonyl (C=O) groups excluding carboxylic acids is 1. The van der Waals surface area contributed by atoms with Gasteiger partial charge in [0.1, 0.15) is 5.82 Å². The van der Waals surface area contributed by atoms with E-state index in [0.717, 1.165) is 12.1 Å². The molecule has 1 saturated carbocycles. The highest BCUT2D eigenvalue weighted by Crippen LogP contribution is 2.51. The average Bonchev–Trinajstić information content (AvgIpc) is 3.22. The largest absolute Gasteiger partial charge is 0.481 e. The molecule has 8 heteroatoms. The van der Waals surface area contributed by atoms with E-state index in [1.807, 2.05) is 0 Å². The first kappa shape index (κ1) is 17.7. The lowest BCUT2D eigenvalue weighted by atomic mass is 9.90. The molecule has 0 aromatic heterocycles. The summed E-state index contributed by atoms with van der Waals surface area (Å²) in [5.41, 5.74) is -3.36. The van der Waals surface area contributed by atoms with Crippen LogP contribution in [0, 0.1) is 11.2 Å². The van der Waals surface area contributed by atoms with Crippen LogP contribution in [0.1, 0.15) is 37.3 Å². The van der Waals surface area contributed by atoms with Crippen molar-refractivity contribution < 1.29 is 32.3 Å². The van der Waals surface area contributed by atoms with Gasteiger partial charge in [0.05, 0.1) is 16.4 Å². The van der Waals surface area contributed by atoms with E-state index in [-0.39, 0.29) is 25.1 Å². The van der Waals surface area contributed by atoms with Gasteiger partial charge in [-0.05, 0) is 49.9 Å². The fourth-order valence-electron chi connectivity index (χ4n) is 3.39. The maximum Gasteiger partial charge on any atom is 0.416 e. The molecule has 2 aliphatic rings. The SMILES string of the molecule is CC1(C(=O)O)CCN(C(=O)C2(c3cc(F)cc(C(F)(F)F)c3)CC2)C1. The summed E-state index contributed by atoms with van der Waals surface area (Å²) in [6.07, 6.45) is -3.77. The lowest BCUT2D eigenvalue weighted by Crippen LogP contribution is -2.40. The molecule has 2 fully saturated rings. The number of alkyl halides is 3. The molecule has 1 N–H and O–H groups in total. The van der Waals surface area contributed by atoms with Crippen LogP contribution in [0.5, 0.6) is 0 Å². The Bertz CT molecular complexity index is 742. The van der Waals surface area contributed by atoms with E-state index in [1.54, 1.807) is 0 Å². The fraction of sp³-hybridized carbons (Fsp3) is 0.529. The molecule has 25 heavy (non-hydrogen) atoms. The number of carbonyl (C=O) groups is 2. The minimum atomic E-state index is -4.70. The second kappa shape index (κ2) is 5.44. The smallest absolute Gasteiger partial charge is 0.416 e. The first-order valence-corrected chi connectivity index (χ1v) is 7.89. The van der Waals surface area contributed by atoms with Crippen molar-refractivity contribution >= 4 is 11.9 Å². The van der Waals surface area contributed by atoms with Crippen molar-refractivity contribution in [2.24, 2.45) is 5.41 Å². The van der Waals surface area contributed by atoms with Crippen LogP contribution in [0.3, 0.4) is 0 Å². The van der Waals surface area contributed by atoms with Crippen molar-refractivity contribution in [3.05, 3.63) is 35.1 Å². The highest BCUT2D eigenvalue weighted by Gasteiger charge is 2.56. The van der Waals surface area contributed by atoms with E-state index < -0.39 is 40.3 Å². The zero-order valence-electron chi connectivity index (χ0n) is 13.5. The van der Waals surface area contributed by atoms with E-state index in [9.17, 15) is 32.3 Å². The Morgan fingerprint density at radius 3 is 2.28 bits per heavy atom. The van der Waals surface area contributed by atoms with Crippen molar-refractivity contribution in [2.45, 2.75) is 37.8 Å². The van der Waals surface area contributed by atoms with Gasteiger partial charge in [-0.2, -0.15) is 13.2 Å². The van der Waals surface area contributed by atoms with Gasteiger partial charge in [-0.3, -0.25) is 9.59 Å². The summed E-state index contributed by atoms with van der Waals surface area (Å²) in [5.74, 6) is -2.48. The number of carboxylic acids is 1. The number of rotatable bonds is 3. The zero-order valence-corrected chi connectivity index (χ0v) is 13.5. The molecule has 0 spiro atoms. The van der Waals surface area contributed by atoms with Gasteiger partial charge in [-0.25, -0.2) is 4.39 Å². The Kier molecular flexibility index (Phi) is 3.85. The summed E-state index contributed by atoms with van der Waals surface area (Å²) >= 11 is 0. The van der Waals surface area contributed by atoms with Crippen LogP contribution in [0.25, 0.3) is 0 Å². The van der Waals surface area contributed by atoms with Crippen molar-refractivity contribution in [3.63, 3.8) is 0 Å². The highest BCUT2D eigenvalue weighted by molar-refractivity contribution is 5.92. The van der Waals surface area contributed by atoms with Crippen LogP contribution in [0.4, 0.5) is 17.6 Å². The molecule has 1 saturated heterocycles. The van der Waals surface area contributed by atoms with Crippen LogP contribution in [0.2, 0.25) is 0 Å². The second-order valence-electron chi connectivity index (χ2n) is 7.15. The molecule has 136 valence electrons. The van der Waals surface area contributed by atoms with Crippen LogP contribution < -0.4 is 0 Å². The summed E-state index contributed by atoms with van der Waals surface area (Å²) in [6.45, 7) is 1.77. The molecule has 1 atom stereocenters. The minimum absolute atomic E-state index is 0.00433. The Morgan fingerprint density at radius 1 is 1.16 bits per heavy atom. The molecule has 3 rings (SSSR count). The van der Waals surface area contributed by atoms with Gasteiger partial charge in [0, 0.05) is 13.1 Å². The summed E-state index contributed by atoms with van der Waals surface area (Å²) < 4.78 is 52.4. The lowest BCUT2D eigenvalue weighted by molar-refractivity contribution is -0.147. The molecule has 1 amide bonds. The van der Waals surface area contributed by atoms with Gasteiger partial charge < -0.3 is 10.0 Å². The van der Waals surface area contributed by atoms with Gasteiger partial charge in [0.25, 0.3) is 0 Å². The molecule has 0 bridgehead atoms. The summed E-state index contributed by atoms with van der Waals surface area (Å²) in [4.78, 5) is 25.5. The molecule has 1 aliphatic heterocycles. The van der Waals surface area contributed by atoms with E-state index in [0.29, 0.717) is 18.9 Å². The number of hydrogen-bond acceptors (Lipinski definition) is 2. The van der Waals surface area contributed by atoms with Gasteiger partial charge in [0.2, 0.25) is 5.91 Å². The number of hydrogen-bond donors (Lipinski definition) is 1. The summed E-state index contributed by atoms with van der Waals surface area (Å²) in [7, 11) is 0. The first-order valence-electron chi connectivity index (χ1n) is 7.89. The molecule has 1 unspecified atom stereocenters. The van der Waals surface area contributed by atoms with E-state index in [1.165, 1.54) is 11.8 Å². The van der Waals surface area contributed by atoms with Gasteiger partial charge in [-0.15, -0.1) is 0 Å². The van der Waals surface area contributed by atoms with Crippen LogP contribution in [0.15, 0.2) is 18.2 Å². The number of carboxylic acid groups (broad SMARTS) is 1. The van der Waals surface area contributed by atoms with Gasteiger partial charge in [0.15, 0.2) is 0 Å². The number of amides is 1. The molecule has 1 heterocycles. The molecule has 1 aromatic rings. The van der Waals surface area contributed by atoms with Gasteiger partial charge in [-0.1, -0.05) is 0 Å². The molecular formula is C17H17F4NO3. The van der Waals surface area contributed by atoms with Crippen LogP contribution in [-0.4, -0.2) is 35.0 Å². The topological polar surface area (TPSA) is 57.6 Å². The fourth-order valence-corrected chi connectivity index (χ4v) is 3.39. The van der Waals surface area contributed by atoms with Gasteiger partial charge >= 0.3 is 12.1 Å². The standard InChI is InChI=1S/C17H17F4NO3/c1-15(14(24)25)4-5-22(9-15)13(23)16(2-3-16)10-6-11(17(19,20)21)8-12(18)7-10/h6-8H,2-5,9H2,1H3,(H,24,25). The maximum atomic E-state index is 13.7. The molecule has 1 aromatic carbocycles. The molecule has 0 radical (unpaired) electrons. The summed E-state index contributed by atoms with van der Waals surface area (Å²) in [6, 6.07) is 2.19. The maximum absolute atomic E-state index is 13.7. The number of likely N-dealkylation sites (tertiary alicyclic amines) is 1. The Morgan fingerprint density at radius 2 is 1.80 bits per heavy atom. The predicted molar refractivity (Wildman–Crippen MR) is 79.3 cm³/mol.